The van der Waals surface area contributed by atoms with Gasteiger partial charge in [0.2, 0.25) is 0 Å². The highest BCUT2D eigenvalue weighted by Crippen LogP contribution is 2.15. The van der Waals surface area contributed by atoms with Crippen molar-refractivity contribution in [3.05, 3.63) is 28.2 Å². The SMILES string of the molecule is CC.Cc1ccc(N2CCCCC2)c(=O)[nH]1. The monoisotopic (exact) mass is 222 g/mol. The Balaban J connectivity index is 0.000000606. The molecule has 1 N–H and O–H groups in total. The van der Waals surface area contributed by atoms with Gasteiger partial charge in [0.15, 0.2) is 0 Å². The topological polar surface area (TPSA) is 36.1 Å². The van der Waals surface area contributed by atoms with Gasteiger partial charge in [0.1, 0.15) is 5.69 Å². The number of aromatic nitrogens is 1. The Morgan fingerprint density at radius 2 is 1.75 bits per heavy atom. The number of aryl methyl sites for hydroxylation is 1. The minimum absolute atomic E-state index is 0.0481. The molecule has 0 aliphatic carbocycles. The fraction of sp³-hybridized carbons (Fsp3) is 0.615. The standard InChI is InChI=1S/C11H16N2O.C2H6/c1-9-5-6-10(11(14)12-9)13-7-3-2-4-8-13;1-2/h5-6H,2-4,7-8H2,1H3,(H,12,14);1-2H3. The lowest BCUT2D eigenvalue weighted by Crippen LogP contribution is -2.33. The minimum atomic E-state index is 0.0481. The smallest absolute Gasteiger partial charge is 0.271 e. The summed E-state index contributed by atoms with van der Waals surface area (Å²) >= 11 is 0. The molecule has 0 bridgehead atoms. The average Bonchev–Trinajstić information content (AvgIpc) is 2.33. The molecule has 1 aliphatic heterocycles. The van der Waals surface area contributed by atoms with Gasteiger partial charge in [0, 0.05) is 18.8 Å². The normalized spacial score (nSPS) is 15.3. The van der Waals surface area contributed by atoms with Gasteiger partial charge in [-0.25, -0.2) is 0 Å². The molecular formula is C13H22N2O. The molecule has 1 saturated heterocycles. The van der Waals surface area contributed by atoms with E-state index in [0.717, 1.165) is 24.5 Å². The highest BCUT2D eigenvalue weighted by Gasteiger charge is 2.13. The van der Waals surface area contributed by atoms with Crippen LogP contribution in [0.4, 0.5) is 5.69 Å². The lowest BCUT2D eigenvalue weighted by molar-refractivity contribution is 0.576. The van der Waals surface area contributed by atoms with E-state index >= 15 is 0 Å². The van der Waals surface area contributed by atoms with E-state index < -0.39 is 0 Å². The first-order valence-corrected chi connectivity index (χ1v) is 6.22. The van der Waals surface area contributed by atoms with Crippen molar-refractivity contribution in [1.82, 2.24) is 4.98 Å². The van der Waals surface area contributed by atoms with E-state index in [2.05, 4.69) is 9.88 Å². The molecule has 0 radical (unpaired) electrons. The molecule has 90 valence electrons. The molecule has 1 aromatic heterocycles. The molecule has 0 unspecified atom stereocenters. The van der Waals surface area contributed by atoms with Crippen LogP contribution in [0.25, 0.3) is 0 Å². The molecule has 1 aromatic rings. The van der Waals surface area contributed by atoms with E-state index in [1.165, 1.54) is 19.3 Å². The van der Waals surface area contributed by atoms with Crippen LogP contribution < -0.4 is 10.5 Å². The van der Waals surface area contributed by atoms with Gasteiger partial charge < -0.3 is 9.88 Å². The lowest BCUT2D eigenvalue weighted by Gasteiger charge is -2.27. The summed E-state index contributed by atoms with van der Waals surface area (Å²) in [4.78, 5) is 16.7. The number of nitrogens with zero attached hydrogens (tertiary/aromatic N) is 1. The van der Waals surface area contributed by atoms with E-state index in [9.17, 15) is 4.79 Å². The van der Waals surface area contributed by atoms with Gasteiger partial charge in [0.25, 0.3) is 5.56 Å². The van der Waals surface area contributed by atoms with Gasteiger partial charge in [0.05, 0.1) is 0 Å². The number of pyridine rings is 1. The molecule has 1 aliphatic rings. The van der Waals surface area contributed by atoms with Crippen LogP contribution in [0.15, 0.2) is 16.9 Å². The second-order valence-electron chi connectivity index (χ2n) is 3.90. The highest BCUT2D eigenvalue weighted by atomic mass is 16.1. The van der Waals surface area contributed by atoms with Gasteiger partial charge >= 0.3 is 0 Å². The summed E-state index contributed by atoms with van der Waals surface area (Å²) in [7, 11) is 0. The highest BCUT2D eigenvalue weighted by molar-refractivity contribution is 5.44. The van der Waals surface area contributed by atoms with Crippen molar-refractivity contribution in [1.29, 1.82) is 0 Å². The number of H-pyrrole nitrogens is 1. The summed E-state index contributed by atoms with van der Waals surface area (Å²) in [5.74, 6) is 0. The van der Waals surface area contributed by atoms with Crippen molar-refractivity contribution in [2.45, 2.75) is 40.0 Å². The molecule has 3 nitrogen and oxygen atoms in total. The van der Waals surface area contributed by atoms with E-state index in [4.69, 9.17) is 0 Å². The van der Waals surface area contributed by atoms with E-state index in [-0.39, 0.29) is 5.56 Å². The molecular weight excluding hydrogens is 200 g/mol. The summed E-state index contributed by atoms with van der Waals surface area (Å²) in [6, 6.07) is 3.89. The Kier molecular flexibility index (Phi) is 5.09. The summed E-state index contributed by atoms with van der Waals surface area (Å²) in [6.45, 7) is 7.94. The molecule has 1 fully saturated rings. The zero-order valence-electron chi connectivity index (χ0n) is 10.5. The fourth-order valence-electron chi connectivity index (χ4n) is 1.95. The third-order valence-corrected chi connectivity index (χ3v) is 2.73. The van der Waals surface area contributed by atoms with Crippen LogP contribution in [-0.2, 0) is 0 Å². The van der Waals surface area contributed by atoms with Gasteiger partial charge in [-0.15, -0.1) is 0 Å². The quantitative estimate of drug-likeness (QED) is 0.793. The van der Waals surface area contributed by atoms with Crippen molar-refractivity contribution >= 4 is 5.69 Å². The molecule has 0 aromatic carbocycles. The zero-order valence-corrected chi connectivity index (χ0v) is 10.5. The van der Waals surface area contributed by atoms with Crippen LogP contribution in [-0.4, -0.2) is 18.1 Å². The predicted molar refractivity (Wildman–Crippen MR) is 69.2 cm³/mol. The van der Waals surface area contributed by atoms with Crippen LogP contribution >= 0.6 is 0 Å². The van der Waals surface area contributed by atoms with Crippen LogP contribution in [0.3, 0.4) is 0 Å². The average molecular weight is 222 g/mol. The number of piperidine rings is 1. The van der Waals surface area contributed by atoms with Crippen molar-refractivity contribution in [3.8, 4) is 0 Å². The van der Waals surface area contributed by atoms with Crippen LogP contribution in [0.1, 0.15) is 38.8 Å². The summed E-state index contributed by atoms with van der Waals surface area (Å²) in [6.07, 6.45) is 3.70. The molecule has 0 atom stereocenters. The third-order valence-electron chi connectivity index (χ3n) is 2.73. The van der Waals surface area contributed by atoms with Crippen LogP contribution in [0.5, 0.6) is 0 Å². The second kappa shape index (κ2) is 6.36. The molecule has 0 saturated carbocycles. The Bertz CT molecular complexity index is 364. The molecule has 16 heavy (non-hydrogen) atoms. The fourth-order valence-corrected chi connectivity index (χ4v) is 1.95. The number of nitrogens with one attached hydrogen (secondary N) is 1. The van der Waals surface area contributed by atoms with Gasteiger partial charge in [-0.05, 0) is 38.3 Å². The predicted octanol–water partition coefficient (Wildman–Crippen LogP) is 2.70. The summed E-state index contributed by atoms with van der Waals surface area (Å²) in [5, 5.41) is 0. The number of hydrogen-bond acceptors (Lipinski definition) is 2. The zero-order chi connectivity index (χ0) is 12.0. The Labute approximate surface area is 97.5 Å². The van der Waals surface area contributed by atoms with Gasteiger partial charge in [-0.2, -0.15) is 0 Å². The van der Waals surface area contributed by atoms with Gasteiger partial charge in [-0.3, -0.25) is 4.79 Å². The minimum Gasteiger partial charge on any atom is -0.367 e. The van der Waals surface area contributed by atoms with Crippen molar-refractivity contribution in [2.75, 3.05) is 18.0 Å². The molecule has 2 rings (SSSR count). The number of anilines is 1. The molecule has 2 heterocycles. The second-order valence-corrected chi connectivity index (χ2v) is 3.90. The van der Waals surface area contributed by atoms with Crippen LogP contribution in [0, 0.1) is 6.92 Å². The Morgan fingerprint density at radius 3 is 2.31 bits per heavy atom. The summed E-state index contributed by atoms with van der Waals surface area (Å²) in [5.41, 5.74) is 1.80. The number of aromatic amines is 1. The maximum absolute atomic E-state index is 11.6. The van der Waals surface area contributed by atoms with Crippen molar-refractivity contribution < 1.29 is 0 Å². The summed E-state index contributed by atoms with van der Waals surface area (Å²) < 4.78 is 0. The Hall–Kier alpha value is -1.25. The first-order chi connectivity index (χ1) is 7.77. The van der Waals surface area contributed by atoms with Crippen molar-refractivity contribution in [3.63, 3.8) is 0 Å². The number of hydrogen-bond donors (Lipinski definition) is 1. The molecule has 0 spiro atoms. The third kappa shape index (κ3) is 3.12. The van der Waals surface area contributed by atoms with E-state index in [0.29, 0.717) is 0 Å². The maximum atomic E-state index is 11.6. The lowest BCUT2D eigenvalue weighted by atomic mass is 10.1. The maximum Gasteiger partial charge on any atom is 0.271 e. The first kappa shape index (κ1) is 12.8. The van der Waals surface area contributed by atoms with E-state index in [1.807, 2.05) is 32.9 Å². The number of rotatable bonds is 1. The first-order valence-electron chi connectivity index (χ1n) is 6.22. The Morgan fingerprint density at radius 1 is 1.12 bits per heavy atom. The molecule has 0 amide bonds. The van der Waals surface area contributed by atoms with E-state index in [1.54, 1.807) is 0 Å². The van der Waals surface area contributed by atoms with Gasteiger partial charge in [-0.1, -0.05) is 13.8 Å². The van der Waals surface area contributed by atoms with Crippen molar-refractivity contribution in [2.24, 2.45) is 0 Å². The van der Waals surface area contributed by atoms with Crippen LogP contribution in [0.2, 0.25) is 0 Å². The molecule has 3 heteroatoms. The largest absolute Gasteiger partial charge is 0.367 e.